The van der Waals surface area contributed by atoms with E-state index in [4.69, 9.17) is 4.74 Å². The van der Waals surface area contributed by atoms with Crippen molar-refractivity contribution < 1.29 is 18.7 Å². The lowest BCUT2D eigenvalue weighted by molar-refractivity contribution is -0.121. The summed E-state index contributed by atoms with van der Waals surface area (Å²) in [7, 11) is 1.52. The smallest absolute Gasteiger partial charge is 0.256 e. The summed E-state index contributed by atoms with van der Waals surface area (Å²) < 4.78 is 19.1. The van der Waals surface area contributed by atoms with Crippen molar-refractivity contribution in [3.63, 3.8) is 0 Å². The van der Waals surface area contributed by atoms with Crippen LogP contribution in [0.5, 0.6) is 5.75 Å². The number of halogens is 1. The first-order valence-electron chi connectivity index (χ1n) is 7.12. The van der Waals surface area contributed by atoms with Crippen molar-refractivity contribution >= 4 is 23.2 Å². The van der Waals surface area contributed by atoms with E-state index in [1.54, 1.807) is 30.3 Å². The van der Waals surface area contributed by atoms with Gasteiger partial charge in [0.25, 0.3) is 5.91 Å². The van der Waals surface area contributed by atoms with E-state index >= 15 is 0 Å². The maximum atomic E-state index is 13.9. The van der Waals surface area contributed by atoms with Crippen molar-refractivity contribution in [3.05, 3.63) is 54.3 Å². The molecule has 0 radical (unpaired) electrons. The van der Waals surface area contributed by atoms with Crippen LogP contribution in [0.25, 0.3) is 0 Å². The third-order valence-corrected chi connectivity index (χ3v) is 3.68. The lowest BCUT2D eigenvalue weighted by atomic mass is 10.2. The van der Waals surface area contributed by atoms with Crippen LogP contribution < -0.4 is 15.0 Å². The first kappa shape index (κ1) is 15.0. The van der Waals surface area contributed by atoms with Gasteiger partial charge in [-0.25, -0.2) is 9.29 Å². The van der Waals surface area contributed by atoms with Crippen molar-refractivity contribution in [2.24, 2.45) is 0 Å². The van der Waals surface area contributed by atoms with E-state index in [0.29, 0.717) is 11.4 Å². The number of hydrogen-bond donors (Lipinski definition) is 1. The predicted octanol–water partition coefficient (Wildman–Crippen LogP) is 2.58. The van der Waals surface area contributed by atoms with Crippen molar-refractivity contribution in [2.45, 2.75) is 12.5 Å². The summed E-state index contributed by atoms with van der Waals surface area (Å²) in [6, 6.07) is 12.1. The molecule has 1 atom stereocenters. The Balaban J connectivity index is 1.86. The minimum Gasteiger partial charge on any atom is -0.495 e. The van der Waals surface area contributed by atoms with Gasteiger partial charge in [-0.3, -0.25) is 9.59 Å². The van der Waals surface area contributed by atoms with E-state index in [0.717, 1.165) is 4.90 Å². The fourth-order valence-electron chi connectivity index (χ4n) is 2.58. The highest BCUT2D eigenvalue weighted by Gasteiger charge is 2.40. The number of carbonyl (C=O) groups excluding carboxylic acids is 2. The van der Waals surface area contributed by atoms with Crippen LogP contribution in [0.1, 0.15) is 6.42 Å². The Morgan fingerprint density at radius 2 is 1.83 bits per heavy atom. The number of ether oxygens (including phenoxy) is 1. The van der Waals surface area contributed by atoms with Gasteiger partial charge in [-0.05, 0) is 24.3 Å². The molecule has 0 bridgehead atoms. The summed E-state index contributed by atoms with van der Waals surface area (Å²) in [5.41, 5.74) is 0.586. The Bertz CT molecular complexity index is 763. The molecule has 118 valence electrons. The van der Waals surface area contributed by atoms with Gasteiger partial charge in [0.15, 0.2) is 0 Å². The highest BCUT2D eigenvalue weighted by Crippen LogP contribution is 2.29. The number of para-hydroxylation sites is 3. The quantitative estimate of drug-likeness (QED) is 0.881. The number of hydrogen-bond acceptors (Lipinski definition) is 4. The topological polar surface area (TPSA) is 58.6 Å². The molecule has 6 heteroatoms. The molecule has 1 aliphatic heterocycles. The number of carbonyl (C=O) groups is 2. The van der Waals surface area contributed by atoms with Gasteiger partial charge in [0.05, 0.1) is 24.9 Å². The summed E-state index contributed by atoms with van der Waals surface area (Å²) in [6.07, 6.45) is -0.0365. The highest BCUT2D eigenvalue weighted by atomic mass is 19.1. The number of amides is 2. The highest BCUT2D eigenvalue weighted by molar-refractivity contribution is 6.23. The van der Waals surface area contributed by atoms with E-state index in [1.165, 1.54) is 25.3 Å². The van der Waals surface area contributed by atoms with Gasteiger partial charge in [0, 0.05) is 0 Å². The largest absolute Gasteiger partial charge is 0.495 e. The zero-order valence-electron chi connectivity index (χ0n) is 12.5. The first-order chi connectivity index (χ1) is 11.1. The molecular weight excluding hydrogens is 299 g/mol. The molecule has 0 spiro atoms. The SMILES string of the molecule is COc1ccccc1N[C@H]1CC(=O)N(c2ccccc2F)C1=O. The molecule has 0 aliphatic carbocycles. The molecule has 1 N–H and O–H groups in total. The van der Waals surface area contributed by atoms with Crippen LogP contribution in [0.2, 0.25) is 0 Å². The molecule has 1 fully saturated rings. The van der Waals surface area contributed by atoms with Crippen LogP contribution in [0.3, 0.4) is 0 Å². The molecular formula is C17H15FN2O3. The van der Waals surface area contributed by atoms with Gasteiger partial charge in [-0.15, -0.1) is 0 Å². The van der Waals surface area contributed by atoms with Crippen molar-refractivity contribution in [1.82, 2.24) is 0 Å². The molecule has 1 heterocycles. The molecule has 1 saturated heterocycles. The summed E-state index contributed by atoms with van der Waals surface area (Å²) in [6.45, 7) is 0. The van der Waals surface area contributed by atoms with Gasteiger partial charge in [0.2, 0.25) is 5.91 Å². The monoisotopic (exact) mass is 314 g/mol. The normalized spacial score (nSPS) is 17.5. The molecule has 5 nitrogen and oxygen atoms in total. The second kappa shape index (κ2) is 6.08. The average molecular weight is 314 g/mol. The van der Waals surface area contributed by atoms with Crippen LogP contribution in [-0.2, 0) is 9.59 Å². The van der Waals surface area contributed by atoms with Gasteiger partial charge in [-0.2, -0.15) is 0 Å². The van der Waals surface area contributed by atoms with Crippen LogP contribution in [0.15, 0.2) is 48.5 Å². The maximum Gasteiger partial charge on any atom is 0.256 e. The third kappa shape index (κ3) is 2.75. The average Bonchev–Trinajstić information content (AvgIpc) is 2.83. The van der Waals surface area contributed by atoms with Gasteiger partial charge < -0.3 is 10.1 Å². The summed E-state index contributed by atoms with van der Waals surface area (Å²) in [5, 5.41) is 3.00. The fraction of sp³-hybridized carbons (Fsp3) is 0.176. The zero-order valence-corrected chi connectivity index (χ0v) is 12.5. The van der Waals surface area contributed by atoms with Crippen LogP contribution in [0, 0.1) is 5.82 Å². The number of nitrogens with one attached hydrogen (secondary N) is 1. The number of anilines is 2. The predicted molar refractivity (Wildman–Crippen MR) is 83.9 cm³/mol. The molecule has 0 saturated carbocycles. The number of nitrogens with zero attached hydrogens (tertiary/aromatic N) is 1. The lowest BCUT2D eigenvalue weighted by Crippen LogP contribution is -2.35. The van der Waals surface area contributed by atoms with Crippen molar-refractivity contribution in [2.75, 3.05) is 17.3 Å². The summed E-state index contributed by atoms with van der Waals surface area (Å²) >= 11 is 0. The number of methoxy groups -OCH3 is 1. The van der Waals surface area contributed by atoms with Crippen LogP contribution >= 0.6 is 0 Å². The van der Waals surface area contributed by atoms with Crippen LogP contribution in [-0.4, -0.2) is 25.0 Å². The minimum atomic E-state index is -0.751. The van der Waals surface area contributed by atoms with E-state index in [-0.39, 0.29) is 12.1 Å². The Morgan fingerprint density at radius 1 is 1.13 bits per heavy atom. The molecule has 2 aromatic carbocycles. The summed E-state index contributed by atoms with van der Waals surface area (Å²) in [4.78, 5) is 25.6. The molecule has 0 aromatic heterocycles. The Labute approximate surface area is 132 Å². The number of benzene rings is 2. The Hall–Kier alpha value is -2.89. The lowest BCUT2D eigenvalue weighted by Gasteiger charge is -2.17. The first-order valence-corrected chi connectivity index (χ1v) is 7.12. The summed E-state index contributed by atoms with van der Waals surface area (Å²) in [5.74, 6) is -0.956. The van der Waals surface area contributed by atoms with Crippen molar-refractivity contribution in [3.8, 4) is 5.75 Å². The standard InChI is InChI=1S/C17H15FN2O3/c1-23-15-9-5-3-7-12(15)19-13-10-16(21)20(17(13)22)14-8-4-2-6-11(14)18/h2-9,13,19H,10H2,1H3/t13-/m0/s1. The molecule has 23 heavy (non-hydrogen) atoms. The van der Waals surface area contributed by atoms with Gasteiger partial charge in [0.1, 0.15) is 17.6 Å². The second-order valence-electron chi connectivity index (χ2n) is 5.12. The molecule has 3 rings (SSSR count). The Kier molecular flexibility index (Phi) is 3.97. The van der Waals surface area contributed by atoms with E-state index in [2.05, 4.69) is 5.32 Å². The van der Waals surface area contributed by atoms with E-state index in [1.807, 2.05) is 0 Å². The molecule has 2 aromatic rings. The van der Waals surface area contributed by atoms with Gasteiger partial charge in [-0.1, -0.05) is 24.3 Å². The fourth-order valence-corrected chi connectivity index (χ4v) is 2.58. The molecule has 2 amide bonds. The third-order valence-electron chi connectivity index (χ3n) is 3.68. The number of rotatable bonds is 4. The van der Waals surface area contributed by atoms with E-state index < -0.39 is 23.7 Å². The Morgan fingerprint density at radius 3 is 2.57 bits per heavy atom. The van der Waals surface area contributed by atoms with Gasteiger partial charge >= 0.3 is 0 Å². The minimum absolute atomic E-state index is 0.0215. The molecule has 1 aliphatic rings. The van der Waals surface area contributed by atoms with Crippen LogP contribution in [0.4, 0.5) is 15.8 Å². The molecule has 0 unspecified atom stereocenters. The van der Waals surface area contributed by atoms with Crippen molar-refractivity contribution in [1.29, 1.82) is 0 Å². The zero-order chi connectivity index (χ0) is 16.4. The second-order valence-corrected chi connectivity index (χ2v) is 5.12. The number of imide groups is 1. The van der Waals surface area contributed by atoms with E-state index in [9.17, 15) is 14.0 Å². The maximum absolute atomic E-state index is 13.9.